The van der Waals surface area contributed by atoms with Crippen molar-refractivity contribution in [3.8, 4) is 0 Å². The van der Waals surface area contributed by atoms with Gasteiger partial charge in [0.1, 0.15) is 5.37 Å². The number of thioether (sulfide) groups is 1. The van der Waals surface area contributed by atoms with E-state index in [0.29, 0.717) is 11.8 Å². The number of carbonyl (C=O) groups excluding carboxylic acids is 1. The first-order valence-electron chi connectivity index (χ1n) is 8.90. The van der Waals surface area contributed by atoms with E-state index in [4.69, 9.17) is 0 Å². The molecule has 1 aromatic carbocycles. The smallest absolute Gasteiger partial charge is 0.234 e. The Morgan fingerprint density at radius 3 is 2.60 bits per heavy atom. The summed E-state index contributed by atoms with van der Waals surface area (Å²) in [5.41, 5.74) is 2.51. The number of piperidine rings is 1. The van der Waals surface area contributed by atoms with Crippen LogP contribution >= 0.6 is 11.8 Å². The van der Waals surface area contributed by atoms with Gasteiger partial charge in [-0.1, -0.05) is 36.4 Å². The molecule has 0 bridgehead atoms. The molecule has 2 aliphatic heterocycles. The molecule has 1 atom stereocenters. The lowest BCUT2D eigenvalue weighted by molar-refractivity contribution is -0.131. The molecule has 0 radical (unpaired) electrons. The van der Waals surface area contributed by atoms with Gasteiger partial charge in [-0.15, -0.1) is 11.8 Å². The summed E-state index contributed by atoms with van der Waals surface area (Å²) in [7, 11) is 0. The van der Waals surface area contributed by atoms with Crippen molar-refractivity contribution in [3.63, 3.8) is 0 Å². The Morgan fingerprint density at radius 2 is 1.88 bits per heavy atom. The van der Waals surface area contributed by atoms with Crippen molar-refractivity contribution >= 4 is 17.7 Å². The third kappa shape index (κ3) is 3.72. The van der Waals surface area contributed by atoms with E-state index in [1.807, 2.05) is 12.3 Å². The van der Waals surface area contributed by atoms with E-state index in [9.17, 15) is 4.79 Å². The standard InChI is InChI=1S/C20H23N3OS/c24-19-15-25-20(17-7-4-10-21-13-17)23(19)18-8-11-22(12-9-18)14-16-5-2-1-3-6-16/h1-7,10,13,18,20H,8-9,11-12,14-15H2. The van der Waals surface area contributed by atoms with Crippen LogP contribution in [-0.2, 0) is 11.3 Å². The molecule has 4 rings (SSSR count). The Labute approximate surface area is 153 Å². The first-order chi connectivity index (χ1) is 12.3. The second-order valence-electron chi connectivity index (χ2n) is 6.74. The van der Waals surface area contributed by atoms with Gasteiger partial charge in [-0.05, 0) is 24.5 Å². The molecule has 0 N–H and O–H groups in total. The van der Waals surface area contributed by atoms with Gasteiger partial charge in [-0.2, -0.15) is 0 Å². The van der Waals surface area contributed by atoms with Gasteiger partial charge in [0.2, 0.25) is 5.91 Å². The lowest BCUT2D eigenvalue weighted by Gasteiger charge is -2.39. The molecule has 0 saturated carbocycles. The number of rotatable bonds is 4. The monoisotopic (exact) mass is 353 g/mol. The molecule has 1 amide bonds. The van der Waals surface area contributed by atoms with Gasteiger partial charge in [0.15, 0.2) is 0 Å². The SMILES string of the molecule is O=C1CSC(c2cccnc2)N1C1CCN(Cc2ccccc2)CC1. The zero-order chi connectivity index (χ0) is 17.1. The summed E-state index contributed by atoms with van der Waals surface area (Å²) in [5, 5.41) is 0.131. The first kappa shape index (κ1) is 16.6. The van der Waals surface area contributed by atoms with E-state index in [1.54, 1.807) is 18.0 Å². The Kier molecular flexibility index (Phi) is 5.04. The molecule has 130 valence electrons. The normalized spacial score (nSPS) is 22.5. The maximum absolute atomic E-state index is 12.5. The summed E-state index contributed by atoms with van der Waals surface area (Å²) in [4.78, 5) is 21.4. The van der Waals surface area contributed by atoms with E-state index in [1.165, 1.54) is 5.56 Å². The molecule has 1 unspecified atom stereocenters. The minimum Gasteiger partial charge on any atom is -0.323 e. The van der Waals surface area contributed by atoms with Crippen LogP contribution in [0, 0.1) is 0 Å². The second kappa shape index (κ2) is 7.58. The van der Waals surface area contributed by atoms with Crippen LogP contribution in [0.3, 0.4) is 0 Å². The molecule has 2 aromatic rings. The molecule has 4 nitrogen and oxygen atoms in total. The average molecular weight is 353 g/mol. The number of aromatic nitrogens is 1. The number of amides is 1. The molecule has 5 heteroatoms. The topological polar surface area (TPSA) is 36.4 Å². The van der Waals surface area contributed by atoms with Crippen molar-refractivity contribution in [2.45, 2.75) is 30.8 Å². The molecule has 0 spiro atoms. The number of nitrogens with zero attached hydrogens (tertiary/aromatic N) is 3. The Morgan fingerprint density at radius 1 is 1.08 bits per heavy atom. The summed E-state index contributed by atoms with van der Waals surface area (Å²) in [6.45, 7) is 3.10. The highest BCUT2D eigenvalue weighted by atomic mass is 32.2. The quantitative estimate of drug-likeness (QED) is 0.845. The zero-order valence-electron chi connectivity index (χ0n) is 14.3. The third-order valence-electron chi connectivity index (χ3n) is 5.07. The minimum absolute atomic E-state index is 0.131. The average Bonchev–Trinajstić information content (AvgIpc) is 3.05. The maximum Gasteiger partial charge on any atom is 0.234 e. The molecule has 3 heterocycles. The van der Waals surface area contributed by atoms with Crippen LogP contribution in [0.25, 0.3) is 0 Å². The van der Waals surface area contributed by atoms with Crippen LogP contribution in [0.4, 0.5) is 0 Å². The van der Waals surface area contributed by atoms with Gasteiger partial charge >= 0.3 is 0 Å². The molecule has 2 saturated heterocycles. The van der Waals surface area contributed by atoms with Crippen LogP contribution in [0.2, 0.25) is 0 Å². The number of hydrogen-bond donors (Lipinski definition) is 0. The van der Waals surface area contributed by atoms with Crippen molar-refractivity contribution in [2.75, 3.05) is 18.8 Å². The molecular formula is C20H23N3OS. The van der Waals surface area contributed by atoms with Crippen LogP contribution in [0.5, 0.6) is 0 Å². The van der Waals surface area contributed by atoms with Gasteiger partial charge in [-0.3, -0.25) is 14.7 Å². The van der Waals surface area contributed by atoms with Gasteiger partial charge in [0.25, 0.3) is 0 Å². The first-order valence-corrected chi connectivity index (χ1v) is 9.95. The predicted octanol–water partition coefficient (Wildman–Crippen LogP) is 3.32. The lowest BCUT2D eigenvalue weighted by Crippen LogP contribution is -2.46. The second-order valence-corrected chi connectivity index (χ2v) is 7.81. The fraction of sp³-hybridized carbons (Fsp3) is 0.400. The highest BCUT2D eigenvalue weighted by molar-refractivity contribution is 8.00. The summed E-state index contributed by atoms with van der Waals surface area (Å²) >= 11 is 1.73. The Hall–Kier alpha value is -1.85. The molecule has 2 fully saturated rings. The van der Waals surface area contributed by atoms with E-state index < -0.39 is 0 Å². The highest BCUT2D eigenvalue weighted by Crippen LogP contribution is 2.41. The summed E-state index contributed by atoms with van der Waals surface area (Å²) in [6, 6.07) is 15.0. The molecule has 1 aromatic heterocycles. The van der Waals surface area contributed by atoms with Crippen LogP contribution in [0.1, 0.15) is 29.3 Å². The predicted molar refractivity (Wildman–Crippen MR) is 101 cm³/mol. The van der Waals surface area contributed by atoms with Gasteiger partial charge in [0, 0.05) is 43.6 Å². The number of benzene rings is 1. The highest BCUT2D eigenvalue weighted by Gasteiger charge is 2.38. The van der Waals surface area contributed by atoms with E-state index in [2.05, 4.69) is 51.2 Å². The summed E-state index contributed by atoms with van der Waals surface area (Å²) < 4.78 is 0. The Balaban J connectivity index is 1.40. The fourth-order valence-electron chi connectivity index (χ4n) is 3.81. The van der Waals surface area contributed by atoms with E-state index >= 15 is 0 Å². The van der Waals surface area contributed by atoms with Crippen LogP contribution in [-0.4, -0.2) is 45.6 Å². The lowest BCUT2D eigenvalue weighted by atomic mass is 10.0. The van der Waals surface area contributed by atoms with Crippen LogP contribution in [0.15, 0.2) is 54.9 Å². The largest absolute Gasteiger partial charge is 0.323 e. The maximum atomic E-state index is 12.5. The molecule has 25 heavy (non-hydrogen) atoms. The summed E-state index contributed by atoms with van der Waals surface area (Å²) in [6.07, 6.45) is 5.79. The number of likely N-dealkylation sites (tertiary alicyclic amines) is 1. The van der Waals surface area contributed by atoms with Crippen molar-refractivity contribution in [3.05, 3.63) is 66.0 Å². The number of pyridine rings is 1. The Bertz CT molecular complexity index is 701. The summed E-state index contributed by atoms with van der Waals surface area (Å²) in [5.74, 6) is 0.865. The number of hydrogen-bond acceptors (Lipinski definition) is 4. The van der Waals surface area contributed by atoms with Crippen LogP contribution < -0.4 is 0 Å². The molecular weight excluding hydrogens is 330 g/mol. The molecule has 2 aliphatic rings. The number of carbonyl (C=O) groups is 1. The van der Waals surface area contributed by atoms with E-state index in [0.717, 1.165) is 38.0 Å². The zero-order valence-corrected chi connectivity index (χ0v) is 15.1. The van der Waals surface area contributed by atoms with E-state index in [-0.39, 0.29) is 11.3 Å². The van der Waals surface area contributed by atoms with Gasteiger partial charge in [-0.25, -0.2) is 0 Å². The minimum atomic E-state index is 0.131. The van der Waals surface area contributed by atoms with Crippen molar-refractivity contribution < 1.29 is 4.79 Å². The third-order valence-corrected chi connectivity index (χ3v) is 6.30. The van der Waals surface area contributed by atoms with Crippen molar-refractivity contribution in [1.29, 1.82) is 0 Å². The fourth-order valence-corrected chi connectivity index (χ4v) is 5.04. The van der Waals surface area contributed by atoms with Gasteiger partial charge in [0.05, 0.1) is 5.75 Å². The van der Waals surface area contributed by atoms with Crippen molar-refractivity contribution in [2.24, 2.45) is 0 Å². The van der Waals surface area contributed by atoms with Gasteiger partial charge < -0.3 is 4.90 Å². The van der Waals surface area contributed by atoms with Crippen molar-refractivity contribution in [1.82, 2.24) is 14.8 Å². The molecule has 0 aliphatic carbocycles.